The van der Waals surface area contributed by atoms with Gasteiger partial charge in [0.25, 0.3) is 5.91 Å². The van der Waals surface area contributed by atoms with Crippen molar-refractivity contribution in [1.29, 1.82) is 5.26 Å². The summed E-state index contributed by atoms with van der Waals surface area (Å²) in [6.07, 6.45) is 0. The number of ether oxygens (including phenoxy) is 3. The molecule has 8 heteroatoms. The number of nitrogens with zero attached hydrogens (tertiary/aromatic N) is 1. The second-order valence-electron chi connectivity index (χ2n) is 6.93. The van der Waals surface area contributed by atoms with Crippen LogP contribution in [0, 0.1) is 11.3 Å². The Bertz CT molecular complexity index is 1200. The molecule has 0 spiro atoms. The smallest absolute Gasteiger partial charge is 0.251 e. The molecule has 0 atom stereocenters. The highest BCUT2D eigenvalue weighted by Gasteiger charge is 2.16. The molecule has 1 aliphatic heterocycles. The van der Waals surface area contributed by atoms with Gasteiger partial charge in [0.15, 0.2) is 11.5 Å². The summed E-state index contributed by atoms with van der Waals surface area (Å²) in [5.41, 5.74) is 2.34. The molecule has 3 aromatic rings. The maximum absolute atomic E-state index is 12.3. The number of hydrogen-bond acceptors (Lipinski definition) is 6. The fraction of sp³-hybridized carbons (Fsp3) is 0.125. The van der Waals surface area contributed by atoms with Crippen LogP contribution in [-0.4, -0.2) is 25.2 Å². The minimum absolute atomic E-state index is 0.123. The molecule has 3 aromatic carbocycles. The maximum Gasteiger partial charge on any atom is 0.251 e. The van der Waals surface area contributed by atoms with Crippen LogP contribution >= 0.6 is 0 Å². The van der Waals surface area contributed by atoms with Gasteiger partial charge in [0, 0.05) is 17.3 Å². The van der Waals surface area contributed by atoms with Gasteiger partial charge in [-0.3, -0.25) is 9.59 Å². The number of amides is 2. The zero-order valence-electron chi connectivity index (χ0n) is 17.0. The quantitative estimate of drug-likeness (QED) is 0.597. The molecule has 32 heavy (non-hydrogen) atoms. The van der Waals surface area contributed by atoms with Crippen molar-refractivity contribution < 1.29 is 23.8 Å². The maximum atomic E-state index is 12.3. The largest absolute Gasteiger partial charge is 0.489 e. The molecule has 0 aliphatic carbocycles. The van der Waals surface area contributed by atoms with Crippen LogP contribution in [0.4, 0.5) is 5.69 Å². The molecule has 0 bridgehead atoms. The van der Waals surface area contributed by atoms with E-state index in [4.69, 9.17) is 19.5 Å². The van der Waals surface area contributed by atoms with E-state index < -0.39 is 5.91 Å². The molecule has 160 valence electrons. The van der Waals surface area contributed by atoms with Crippen LogP contribution in [0.5, 0.6) is 17.2 Å². The molecule has 0 fully saturated rings. The average molecular weight is 429 g/mol. The highest BCUT2D eigenvalue weighted by Crippen LogP contribution is 2.32. The van der Waals surface area contributed by atoms with E-state index >= 15 is 0 Å². The van der Waals surface area contributed by atoms with Crippen LogP contribution in [0.1, 0.15) is 21.5 Å². The molecule has 2 amide bonds. The predicted octanol–water partition coefficient (Wildman–Crippen LogP) is 3.23. The van der Waals surface area contributed by atoms with Gasteiger partial charge in [-0.25, -0.2) is 0 Å². The molecule has 1 aliphatic rings. The van der Waals surface area contributed by atoms with Crippen molar-refractivity contribution >= 4 is 17.5 Å². The van der Waals surface area contributed by atoms with E-state index in [2.05, 4.69) is 16.7 Å². The highest BCUT2D eigenvalue weighted by atomic mass is 16.7. The van der Waals surface area contributed by atoms with E-state index in [0.29, 0.717) is 40.7 Å². The molecule has 8 nitrogen and oxygen atoms in total. The van der Waals surface area contributed by atoms with Gasteiger partial charge in [-0.05, 0) is 48.0 Å². The van der Waals surface area contributed by atoms with Gasteiger partial charge in [-0.2, -0.15) is 5.26 Å². The molecule has 0 radical (unpaired) electrons. The molecule has 1 heterocycles. The van der Waals surface area contributed by atoms with Gasteiger partial charge in [-0.1, -0.05) is 18.2 Å². The van der Waals surface area contributed by atoms with E-state index in [1.54, 1.807) is 60.7 Å². The first-order valence-electron chi connectivity index (χ1n) is 9.80. The number of nitrogens with one attached hydrogen (secondary N) is 2. The molecule has 2 N–H and O–H groups in total. The summed E-state index contributed by atoms with van der Waals surface area (Å²) >= 11 is 0. The number of anilines is 1. The third-order valence-electron chi connectivity index (χ3n) is 4.62. The first kappa shape index (κ1) is 20.8. The summed E-state index contributed by atoms with van der Waals surface area (Å²) in [6.45, 7) is 0.218. The third-order valence-corrected chi connectivity index (χ3v) is 4.62. The topological polar surface area (TPSA) is 110 Å². The standard InChI is InChI=1S/C24H19N3O5/c25-12-16-3-1-4-17(9-16)14-30-20-6-2-5-19(11-20)27-23(28)13-26-24(29)18-7-8-21-22(10-18)32-15-31-21/h1-11H,13-15H2,(H,26,29)(H,27,28). The van der Waals surface area contributed by atoms with Crippen LogP contribution in [-0.2, 0) is 11.4 Å². The van der Waals surface area contributed by atoms with Crippen molar-refractivity contribution in [2.24, 2.45) is 0 Å². The number of carbonyl (C=O) groups is 2. The normalized spacial score (nSPS) is 11.3. The summed E-state index contributed by atoms with van der Waals surface area (Å²) in [5, 5.41) is 14.3. The predicted molar refractivity (Wildman–Crippen MR) is 115 cm³/mol. The van der Waals surface area contributed by atoms with Gasteiger partial charge >= 0.3 is 0 Å². The third kappa shape index (κ3) is 5.15. The van der Waals surface area contributed by atoms with Crippen molar-refractivity contribution in [1.82, 2.24) is 5.32 Å². The van der Waals surface area contributed by atoms with Crippen LogP contribution in [0.3, 0.4) is 0 Å². The first-order chi connectivity index (χ1) is 15.6. The highest BCUT2D eigenvalue weighted by molar-refractivity contribution is 5.99. The van der Waals surface area contributed by atoms with Gasteiger partial charge in [0.1, 0.15) is 12.4 Å². The van der Waals surface area contributed by atoms with Gasteiger partial charge in [-0.15, -0.1) is 0 Å². The lowest BCUT2D eigenvalue weighted by molar-refractivity contribution is -0.115. The number of hydrogen-bond donors (Lipinski definition) is 2. The summed E-state index contributed by atoms with van der Waals surface area (Å²) in [4.78, 5) is 24.5. The lowest BCUT2D eigenvalue weighted by Gasteiger charge is -2.10. The van der Waals surface area contributed by atoms with Crippen LogP contribution in [0.15, 0.2) is 66.7 Å². The van der Waals surface area contributed by atoms with E-state index in [1.807, 2.05) is 6.07 Å². The van der Waals surface area contributed by atoms with Crippen molar-refractivity contribution in [3.8, 4) is 23.3 Å². The van der Waals surface area contributed by atoms with Crippen LogP contribution in [0.2, 0.25) is 0 Å². The number of benzene rings is 3. The Balaban J connectivity index is 1.28. The molecular formula is C24H19N3O5. The summed E-state index contributed by atoms with van der Waals surface area (Å²) in [6, 6.07) is 21.0. The molecule has 0 saturated heterocycles. The SMILES string of the molecule is N#Cc1cccc(COc2cccc(NC(=O)CNC(=O)c3ccc4c(c3)OCO4)c2)c1. The minimum atomic E-state index is -0.393. The lowest BCUT2D eigenvalue weighted by Crippen LogP contribution is -2.32. The molecule has 0 saturated carbocycles. The first-order valence-corrected chi connectivity index (χ1v) is 9.80. The number of fused-ring (bicyclic) bond motifs is 1. The van der Waals surface area contributed by atoms with E-state index in [0.717, 1.165) is 5.56 Å². The van der Waals surface area contributed by atoms with Crippen LogP contribution < -0.4 is 24.8 Å². The van der Waals surface area contributed by atoms with Gasteiger partial charge < -0.3 is 24.8 Å². The fourth-order valence-corrected chi connectivity index (χ4v) is 3.07. The van der Waals surface area contributed by atoms with E-state index in [9.17, 15) is 9.59 Å². The number of nitriles is 1. The zero-order chi connectivity index (χ0) is 22.3. The monoisotopic (exact) mass is 429 g/mol. The average Bonchev–Trinajstić information content (AvgIpc) is 3.29. The fourth-order valence-electron chi connectivity index (χ4n) is 3.07. The Morgan fingerprint density at radius 3 is 2.72 bits per heavy atom. The van der Waals surface area contributed by atoms with E-state index in [-0.39, 0.29) is 19.2 Å². The van der Waals surface area contributed by atoms with Gasteiger partial charge in [0.2, 0.25) is 12.7 Å². The van der Waals surface area contributed by atoms with E-state index in [1.165, 1.54) is 0 Å². The Morgan fingerprint density at radius 2 is 1.84 bits per heavy atom. The number of rotatable bonds is 7. The summed E-state index contributed by atoms with van der Waals surface area (Å²) in [5.74, 6) is 0.875. The van der Waals surface area contributed by atoms with Crippen molar-refractivity contribution in [2.45, 2.75) is 6.61 Å². The molecule has 4 rings (SSSR count). The Labute approximate surface area is 184 Å². The minimum Gasteiger partial charge on any atom is -0.489 e. The zero-order valence-corrected chi connectivity index (χ0v) is 17.0. The molecular weight excluding hydrogens is 410 g/mol. The van der Waals surface area contributed by atoms with Gasteiger partial charge in [0.05, 0.1) is 18.2 Å². The Morgan fingerprint density at radius 1 is 1.00 bits per heavy atom. The van der Waals surface area contributed by atoms with Crippen molar-refractivity contribution in [3.05, 3.63) is 83.4 Å². The lowest BCUT2D eigenvalue weighted by atomic mass is 10.1. The molecule has 0 aromatic heterocycles. The Hall–Kier alpha value is -4.51. The van der Waals surface area contributed by atoms with Crippen molar-refractivity contribution in [3.63, 3.8) is 0 Å². The molecule has 0 unspecified atom stereocenters. The second kappa shape index (κ2) is 9.53. The van der Waals surface area contributed by atoms with Crippen molar-refractivity contribution in [2.75, 3.05) is 18.7 Å². The Kier molecular flexibility index (Phi) is 6.18. The summed E-state index contributed by atoms with van der Waals surface area (Å²) in [7, 11) is 0. The second-order valence-corrected chi connectivity index (χ2v) is 6.93. The number of carbonyl (C=O) groups excluding carboxylic acids is 2. The van der Waals surface area contributed by atoms with Crippen LogP contribution in [0.25, 0.3) is 0 Å². The summed E-state index contributed by atoms with van der Waals surface area (Å²) < 4.78 is 16.2.